The van der Waals surface area contributed by atoms with Crippen molar-refractivity contribution in [3.63, 3.8) is 0 Å². The smallest absolute Gasteiger partial charge is 0.328 e. The van der Waals surface area contributed by atoms with Gasteiger partial charge in [0.15, 0.2) is 0 Å². The van der Waals surface area contributed by atoms with Gasteiger partial charge in [-0.1, -0.05) is 40.4 Å². The normalized spacial score (nSPS) is 30.9. The van der Waals surface area contributed by atoms with E-state index in [0.717, 1.165) is 12.1 Å². The highest BCUT2D eigenvalue weighted by atomic mass is 35.5. The van der Waals surface area contributed by atoms with E-state index in [2.05, 4.69) is 18.7 Å². The fraction of sp³-hybridized carbons (Fsp3) is 0.438. The average molecular weight is 326 g/mol. The van der Waals surface area contributed by atoms with E-state index in [4.69, 9.17) is 27.9 Å². The number of rotatable bonds is 2. The average Bonchev–Trinajstić information content (AvgIpc) is 3.06. The van der Waals surface area contributed by atoms with E-state index in [-0.39, 0.29) is 12.0 Å². The monoisotopic (exact) mass is 325 g/mol. The molecule has 1 aromatic carbocycles. The first kappa shape index (κ1) is 14.9. The van der Waals surface area contributed by atoms with Gasteiger partial charge < -0.3 is 4.74 Å². The third-order valence-electron chi connectivity index (χ3n) is 4.69. The van der Waals surface area contributed by atoms with Crippen molar-refractivity contribution in [2.24, 2.45) is 0 Å². The van der Waals surface area contributed by atoms with E-state index in [0.29, 0.717) is 16.5 Å². The molecule has 0 aliphatic carbocycles. The zero-order valence-corrected chi connectivity index (χ0v) is 13.8. The molecule has 2 aliphatic rings. The molecule has 3 atom stereocenters. The van der Waals surface area contributed by atoms with Crippen LogP contribution in [0.1, 0.15) is 31.9 Å². The minimum Gasteiger partial charge on any atom is -0.468 e. The highest BCUT2D eigenvalue weighted by Crippen LogP contribution is 2.61. The number of esters is 1. The Kier molecular flexibility index (Phi) is 3.55. The number of carbonyl (C=O) groups excluding carboxylic acids is 1. The minimum absolute atomic E-state index is 0.112. The number of nitrogens with zero attached hydrogens (tertiary/aromatic N) is 1. The molecule has 0 spiro atoms. The van der Waals surface area contributed by atoms with Crippen molar-refractivity contribution in [3.8, 4) is 0 Å². The van der Waals surface area contributed by atoms with Crippen LogP contribution >= 0.6 is 23.2 Å². The molecule has 5 heteroatoms. The van der Waals surface area contributed by atoms with Gasteiger partial charge in [-0.25, -0.2) is 4.79 Å². The van der Waals surface area contributed by atoms with Gasteiger partial charge in [0.1, 0.15) is 5.54 Å². The van der Waals surface area contributed by atoms with E-state index in [1.54, 1.807) is 0 Å². The topological polar surface area (TPSA) is 29.3 Å². The molecular weight excluding hydrogens is 309 g/mol. The number of methoxy groups -OCH3 is 1. The molecule has 1 saturated heterocycles. The second kappa shape index (κ2) is 5.01. The third kappa shape index (κ3) is 2.02. The van der Waals surface area contributed by atoms with Crippen LogP contribution in [-0.2, 0) is 9.53 Å². The summed E-state index contributed by atoms with van der Waals surface area (Å²) in [4.78, 5) is 14.5. The van der Waals surface area contributed by atoms with E-state index in [1.165, 1.54) is 18.3 Å². The molecule has 2 aliphatic heterocycles. The summed E-state index contributed by atoms with van der Waals surface area (Å²) in [6.07, 6.45) is 0.664. The maximum atomic E-state index is 12.4. The standard InChI is InChI=1S/C16H17Cl2NO2/c1-9-7-16(15(20)21-3)14(19(16)8-10(9)2)13-11(17)5-4-6-12(13)18/h4-6,14H,7-8H2,1-3H3/t14-,16-,19?/m0/s1. The summed E-state index contributed by atoms with van der Waals surface area (Å²) in [5.41, 5.74) is 2.71. The van der Waals surface area contributed by atoms with Crippen LogP contribution < -0.4 is 0 Å². The van der Waals surface area contributed by atoms with Gasteiger partial charge in [0.2, 0.25) is 0 Å². The Balaban J connectivity index is 2.08. The lowest BCUT2D eigenvalue weighted by Gasteiger charge is -2.22. The van der Waals surface area contributed by atoms with Gasteiger partial charge in [-0.2, -0.15) is 0 Å². The summed E-state index contributed by atoms with van der Waals surface area (Å²) in [6.45, 7) is 4.91. The van der Waals surface area contributed by atoms with Gasteiger partial charge in [0.25, 0.3) is 0 Å². The second-order valence-electron chi connectivity index (χ2n) is 5.82. The van der Waals surface area contributed by atoms with Crippen LogP contribution in [-0.4, -0.2) is 30.1 Å². The quantitative estimate of drug-likeness (QED) is 0.467. The van der Waals surface area contributed by atoms with E-state index in [9.17, 15) is 4.79 Å². The zero-order valence-electron chi connectivity index (χ0n) is 12.2. The van der Waals surface area contributed by atoms with Crippen molar-refractivity contribution in [1.82, 2.24) is 4.90 Å². The fourth-order valence-corrected chi connectivity index (χ4v) is 4.01. The Hall–Kier alpha value is -1.03. The van der Waals surface area contributed by atoms with Crippen molar-refractivity contribution in [2.75, 3.05) is 13.7 Å². The Bertz CT molecular complexity index is 635. The first-order valence-electron chi connectivity index (χ1n) is 6.87. The van der Waals surface area contributed by atoms with Crippen LogP contribution in [0.4, 0.5) is 0 Å². The summed E-state index contributed by atoms with van der Waals surface area (Å²) in [5, 5.41) is 1.20. The van der Waals surface area contributed by atoms with Gasteiger partial charge in [0.05, 0.1) is 13.2 Å². The summed E-state index contributed by atoms with van der Waals surface area (Å²) in [6, 6.07) is 5.33. The predicted molar refractivity (Wildman–Crippen MR) is 83.6 cm³/mol. The SMILES string of the molecule is COC(=O)[C@@]12CC(C)=C(C)CN1[C@H]2c1c(Cl)cccc1Cl. The first-order chi connectivity index (χ1) is 9.93. The molecule has 0 aromatic heterocycles. The van der Waals surface area contributed by atoms with Crippen LogP contribution in [0.3, 0.4) is 0 Å². The number of hydrogen-bond acceptors (Lipinski definition) is 3. The molecule has 1 fully saturated rings. The highest BCUT2D eigenvalue weighted by Gasteiger charge is 2.70. The zero-order chi connectivity index (χ0) is 15.4. The van der Waals surface area contributed by atoms with Crippen molar-refractivity contribution in [1.29, 1.82) is 0 Å². The molecule has 21 heavy (non-hydrogen) atoms. The molecule has 1 unspecified atom stereocenters. The van der Waals surface area contributed by atoms with Gasteiger partial charge in [-0.05, 0) is 32.4 Å². The molecule has 0 amide bonds. The number of ether oxygens (including phenoxy) is 1. The lowest BCUT2D eigenvalue weighted by molar-refractivity contribution is -0.145. The van der Waals surface area contributed by atoms with Gasteiger partial charge in [-0.15, -0.1) is 0 Å². The fourth-order valence-electron chi connectivity index (χ4n) is 3.41. The number of fused-ring (bicyclic) bond motifs is 1. The molecule has 1 aromatic rings. The molecule has 0 saturated carbocycles. The molecule has 0 bridgehead atoms. The number of carbonyl (C=O) groups is 1. The Labute approximate surface area is 134 Å². The van der Waals surface area contributed by atoms with Gasteiger partial charge in [0, 0.05) is 22.2 Å². The molecule has 0 N–H and O–H groups in total. The number of benzene rings is 1. The first-order valence-corrected chi connectivity index (χ1v) is 7.63. The van der Waals surface area contributed by atoms with Crippen molar-refractivity contribution >= 4 is 29.2 Å². The Morgan fingerprint density at radius 1 is 1.29 bits per heavy atom. The lowest BCUT2D eigenvalue weighted by atomic mass is 9.89. The maximum absolute atomic E-state index is 12.4. The molecule has 0 radical (unpaired) electrons. The van der Waals surface area contributed by atoms with Crippen molar-refractivity contribution in [2.45, 2.75) is 31.8 Å². The highest BCUT2D eigenvalue weighted by molar-refractivity contribution is 6.36. The molecule has 3 nitrogen and oxygen atoms in total. The van der Waals surface area contributed by atoms with E-state index >= 15 is 0 Å². The Morgan fingerprint density at radius 2 is 1.90 bits per heavy atom. The predicted octanol–water partition coefficient (Wildman–Crippen LogP) is 4.00. The van der Waals surface area contributed by atoms with Crippen LogP contribution in [0, 0.1) is 0 Å². The summed E-state index contributed by atoms with van der Waals surface area (Å²) < 4.78 is 5.06. The lowest BCUT2D eigenvalue weighted by Crippen LogP contribution is -2.35. The van der Waals surface area contributed by atoms with Crippen LogP contribution in [0.2, 0.25) is 10.0 Å². The van der Waals surface area contributed by atoms with Crippen LogP contribution in [0.25, 0.3) is 0 Å². The van der Waals surface area contributed by atoms with Gasteiger partial charge >= 0.3 is 5.97 Å². The molecular formula is C16H17Cl2NO2. The molecule has 112 valence electrons. The summed E-state index contributed by atoms with van der Waals surface area (Å²) in [7, 11) is 1.43. The molecule has 3 rings (SSSR count). The minimum atomic E-state index is -0.646. The summed E-state index contributed by atoms with van der Waals surface area (Å²) >= 11 is 12.7. The Morgan fingerprint density at radius 3 is 2.48 bits per heavy atom. The van der Waals surface area contributed by atoms with Crippen LogP contribution in [0.15, 0.2) is 29.3 Å². The van der Waals surface area contributed by atoms with Crippen LogP contribution in [0.5, 0.6) is 0 Å². The van der Waals surface area contributed by atoms with E-state index in [1.807, 2.05) is 18.2 Å². The second-order valence-corrected chi connectivity index (χ2v) is 6.63. The summed E-state index contributed by atoms with van der Waals surface area (Å²) in [5.74, 6) is -0.213. The number of halogens is 2. The molecule has 2 heterocycles. The van der Waals surface area contributed by atoms with Crippen molar-refractivity contribution < 1.29 is 9.53 Å². The largest absolute Gasteiger partial charge is 0.468 e. The van der Waals surface area contributed by atoms with Crippen molar-refractivity contribution in [3.05, 3.63) is 45.0 Å². The number of hydrogen-bond donors (Lipinski definition) is 0. The maximum Gasteiger partial charge on any atom is 0.328 e. The van der Waals surface area contributed by atoms with Gasteiger partial charge in [-0.3, -0.25) is 4.90 Å². The van der Waals surface area contributed by atoms with E-state index < -0.39 is 5.54 Å². The third-order valence-corrected chi connectivity index (χ3v) is 5.35.